The Balaban J connectivity index is 1.16. The van der Waals surface area contributed by atoms with Crippen LogP contribution in [-0.4, -0.2) is 41.5 Å². The predicted molar refractivity (Wildman–Crippen MR) is 120 cm³/mol. The minimum absolute atomic E-state index is 0.0141. The van der Waals surface area contributed by atoms with Crippen molar-refractivity contribution in [2.24, 2.45) is 0 Å². The van der Waals surface area contributed by atoms with Crippen molar-refractivity contribution in [3.63, 3.8) is 0 Å². The number of rotatable bonds is 6. The fraction of sp³-hybridized carbons (Fsp3) is 0.292. The molecule has 162 valence electrons. The average molecular weight is 428 g/mol. The number of benzene rings is 1. The molecule has 0 unspecified atom stereocenters. The van der Waals surface area contributed by atoms with Crippen LogP contribution < -0.4 is 5.32 Å². The Morgan fingerprint density at radius 3 is 2.72 bits per heavy atom. The molecule has 1 aliphatic carbocycles. The molecular formula is C24H25N7O. The molecule has 1 N–H and O–H groups in total. The van der Waals surface area contributed by atoms with Gasteiger partial charge in [0.25, 0.3) is 5.91 Å². The van der Waals surface area contributed by atoms with Crippen LogP contribution in [-0.2, 0) is 6.54 Å². The summed E-state index contributed by atoms with van der Waals surface area (Å²) in [5.41, 5.74) is 3.55. The van der Waals surface area contributed by atoms with Crippen LogP contribution in [0.15, 0.2) is 73.7 Å². The number of nitrogens with zero attached hydrogens (tertiary/aromatic N) is 6. The summed E-state index contributed by atoms with van der Waals surface area (Å²) in [5, 5.41) is 12.0. The van der Waals surface area contributed by atoms with E-state index in [1.165, 1.54) is 0 Å². The third-order valence-electron chi connectivity index (χ3n) is 5.96. The van der Waals surface area contributed by atoms with Crippen molar-refractivity contribution in [3.8, 4) is 11.3 Å². The van der Waals surface area contributed by atoms with Crippen molar-refractivity contribution in [1.82, 2.24) is 34.8 Å². The molecule has 32 heavy (non-hydrogen) atoms. The smallest absolute Gasteiger partial charge is 0.251 e. The number of aromatic nitrogens is 6. The molecule has 0 saturated heterocycles. The molecule has 1 saturated carbocycles. The van der Waals surface area contributed by atoms with E-state index in [2.05, 4.69) is 25.5 Å². The third-order valence-corrected chi connectivity index (χ3v) is 5.96. The second-order valence-electron chi connectivity index (χ2n) is 8.18. The Bertz CT molecular complexity index is 1160. The number of carbonyl (C=O) groups excluding carboxylic acids is 1. The molecule has 0 bridgehead atoms. The summed E-state index contributed by atoms with van der Waals surface area (Å²) in [6, 6.07) is 10.2. The molecule has 0 atom stereocenters. The zero-order valence-electron chi connectivity index (χ0n) is 17.7. The molecule has 3 heterocycles. The highest BCUT2D eigenvalue weighted by molar-refractivity contribution is 5.94. The Kier molecular flexibility index (Phi) is 5.74. The molecule has 4 aromatic rings. The van der Waals surface area contributed by atoms with E-state index in [1.54, 1.807) is 24.8 Å². The summed E-state index contributed by atoms with van der Waals surface area (Å²) in [6.45, 7) is 0.652. The molecule has 1 fully saturated rings. The first kappa shape index (κ1) is 20.1. The topological polar surface area (TPSA) is 90.5 Å². The van der Waals surface area contributed by atoms with E-state index < -0.39 is 0 Å². The number of nitrogens with one attached hydrogen (secondary N) is 1. The lowest BCUT2D eigenvalue weighted by molar-refractivity contribution is 0.0921. The van der Waals surface area contributed by atoms with Gasteiger partial charge in [-0.25, -0.2) is 0 Å². The van der Waals surface area contributed by atoms with Crippen molar-refractivity contribution < 1.29 is 4.79 Å². The molecule has 8 nitrogen and oxygen atoms in total. The standard InChI is InChI=1S/C24H25N7O/c32-24(19-4-1-3-18(13-19)16-30-12-2-9-27-30)29-21-5-7-22(8-6-21)31-17-20(14-28-31)23-15-25-10-11-26-23/h1-4,9-15,17,21-22H,5-8,16H2,(H,29,32). The van der Waals surface area contributed by atoms with Crippen LogP contribution in [0.1, 0.15) is 47.6 Å². The molecule has 3 aromatic heterocycles. The van der Waals surface area contributed by atoms with Crippen molar-refractivity contribution in [1.29, 1.82) is 0 Å². The zero-order valence-corrected chi connectivity index (χ0v) is 17.7. The van der Waals surface area contributed by atoms with Crippen molar-refractivity contribution in [3.05, 3.63) is 84.8 Å². The van der Waals surface area contributed by atoms with Gasteiger partial charge in [0.15, 0.2) is 0 Å². The molecule has 0 aliphatic heterocycles. The van der Waals surface area contributed by atoms with Crippen LogP contribution in [0.2, 0.25) is 0 Å². The normalized spacial score (nSPS) is 18.4. The Morgan fingerprint density at radius 1 is 1.03 bits per heavy atom. The van der Waals surface area contributed by atoms with Gasteiger partial charge in [-0.3, -0.25) is 24.1 Å². The molecule has 1 aliphatic rings. The maximum Gasteiger partial charge on any atom is 0.251 e. The summed E-state index contributed by atoms with van der Waals surface area (Å²) in [4.78, 5) is 21.3. The monoisotopic (exact) mass is 427 g/mol. The maximum atomic E-state index is 12.8. The summed E-state index contributed by atoms with van der Waals surface area (Å²) in [7, 11) is 0. The highest BCUT2D eigenvalue weighted by atomic mass is 16.1. The van der Waals surface area contributed by atoms with Crippen LogP contribution in [0.4, 0.5) is 0 Å². The van der Waals surface area contributed by atoms with E-state index in [-0.39, 0.29) is 11.9 Å². The highest BCUT2D eigenvalue weighted by Crippen LogP contribution is 2.29. The van der Waals surface area contributed by atoms with Gasteiger partial charge in [-0.2, -0.15) is 10.2 Å². The Labute approximate surface area is 186 Å². The first-order valence-corrected chi connectivity index (χ1v) is 10.9. The average Bonchev–Trinajstić information content (AvgIpc) is 3.53. The minimum atomic E-state index is -0.0141. The maximum absolute atomic E-state index is 12.8. The lowest BCUT2D eigenvalue weighted by Crippen LogP contribution is -2.38. The predicted octanol–water partition coefficient (Wildman–Crippen LogP) is 3.50. The summed E-state index contributed by atoms with van der Waals surface area (Å²) < 4.78 is 3.88. The lowest BCUT2D eigenvalue weighted by atomic mass is 9.91. The molecule has 1 aromatic carbocycles. The van der Waals surface area contributed by atoms with Gasteiger partial charge >= 0.3 is 0 Å². The zero-order chi connectivity index (χ0) is 21.8. The fourth-order valence-electron chi connectivity index (χ4n) is 4.26. The SMILES string of the molecule is O=C(NC1CCC(n2cc(-c3cnccn3)cn2)CC1)c1cccc(Cn2cccn2)c1. The second kappa shape index (κ2) is 9.13. The highest BCUT2D eigenvalue weighted by Gasteiger charge is 2.24. The summed E-state index contributed by atoms with van der Waals surface area (Å²) >= 11 is 0. The van der Waals surface area contributed by atoms with E-state index >= 15 is 0 Å². The van der Waals surface area contributed by atoms with E-state index in [1.807, 2.05) is 58.3 Å². The van der Waals surface area contributed by atoms with Gasteiger partial charge in [0, 0.05) is 48.2 Å². The second-order valence-corrected chi connectivity index (χ2v) is 8.18. The van der Waals surface area contributed by atoms with Crippen LogP contribution >= 0.6 is 0 Å². The van der Waals surface area contributed by atoms with Crippen LogP contribution in [0, 0.1) is 0 Å². The molecule has 0 radical (unpaired) electrons. The number of hydrogen-bond donors (Lipinski definition) is 1. The van der Waals surface area contributed by atoms with Crippen molar-refractivity contribution in [2.75, 3.05) is 0 Å². The van der Waals surface area contributed by atoms with E-state index in [4.69, 9.17) is 0 Å². The minimum Gasteiger partial charge on any atom is -0.349 e. The first-order valence-electron chi connectivity index (χ1n) is 10.9. The van der Waals surface area contributed by atoms with Gasteiger partial charge < -0.3 is 5.32 Å². The largest absolute Gasteiger partial charge is 0.349 e. The van der Waals surface area contributed by atoms with Crippen LogP contribution in [0.5, 0.6) is 0 Å². The molecule has 8 heteroatoms. The van der Waals surface area contributed by atoms with Gasteiger partial charge in [-0.15, -0.1) is 0 Å². The molecule has 0 spiro atoms. The van der Waals surface area contributed by atoms with E-state index in [9.17, 15) is 4.79 Å². The van der Waals surface area contributed by atoms with Crippen LogP contribution in [0.25, 0.3) is 11.3 Å². The van der Waals surface area contributed by atoms with Gasteiger partial charge in [-0.05, 0) is 49.4 Å². The third kappa shape index (κ3) is 4.59. The molecule has 1 amide bonds. The van der Waals surface area contributed by atoms with Gasteiger partial charge in [0.1, 0.15) is 0 Å². The molecular weight excluding hydrogens is 402 g/mol. The summed E-state index contributed by atoms with van der Waals surface area (Å²) in [5.74, 6) is -0.0141. The first-order chi connectivity index (χ1) is 15.7. The van der Waals surface area contributed by atoms with Gasteiger partial charge in [-0.1, -0.05) is 12.1 Å². The van der Waals surface area contributed by atoms with Crippen molar-refractivity contribution in [2.45, 2.75) is 44.3 Å². The van der Waals surface area contributed by atoms with Gasteiger partial charge in [0.2, 0.25) is 0 Å². The van der Waals surface area contributed by atoms with Crippen molar-refractivity contribution >= 4 is 5.91 Å². The van der Waals surface area contributed by atoms with E-state index in [0.717, 1.165) is 42.5 Å². The Morgan fingerprint density at radius 2 is 1.94 bits per heavy atom. The van der Waals surface area contributed by atoms with Gasteiger partial charge in [0.05, 0.1) is 30.7 Å². The quantitative estimate of drug-likeness (QED) is 0.509. The number of hydrogen-bond acceptors (Lipinski definition) is 5. The Hall–Kier alpha value is -3.81. The number of carbonyl (C=O) groups is 1. The summed E-state index contributed by atoms with van der Waals surface area (Å²) in [6.07, 6.45) is 16.5. The van der Waals surface area contributed by atoms with Crippen LogP contribution in [0.3, 0.4) is 0 Å². The fourth-order valence-corrected chi connectivity index (χ4v) is 4.26. The lowest BCUT2D eigenvalue weighted by Gasteiger charge is -2.29. The number of amides is 1. The van der Waals surface area contributed by atoms with E-state index in [0.29, 0.717) is 18.2 Å². The molecule has 5 rings (SSSR count).